The van der Waals surface area contributed by atoms with E-state index in [2.05, 4.69) is 0 Å². The van der Waals surface area contributed by atoms with Gasteiger partial charge in [0, 0.05) is 23.4 Å². The maximum atomic E-state index is 12.7. The van der Waals surface area contributed by atoms with Crippen molar-refractivity contribution in [2.24, 2.45) is 0 Å². The maximum absolute atomic E-state index is 12.7. The highest BCUT2D eigenvalue weighted by molar-refractivity contribution is 5.93. The lowest BCUT2D eigenvalue weighted by Gasteiger charge is -2.11. The third kappa shape index (κ3) is 9.79. The Morgan fingerprint density at radius 3 is 2.32 bits per heavy atom. The minimum absolute atomic E-state index is 0.0271. The van der Waals surface area contributed by atoms with Crippen LogP contribution in [0.2, 0.25) is 0 Å². The Morgan fingerprint density at radius 2 is 1.68 bits per heavy atom. The SMILES string of the molecule is COc1cc(C=C(CCc2ccc(N)cc2N)C(=O)O)ccc1OC(=O)c1ccc(OCCCCC(F)(F)F)cc1. The van der Waals surface area contributed by atoms with Gasteiger partial charge in [-0.25, -0.2) is 9.59 Å². The lowest BCUT2D eigenvalue weighted by atomic mass is 10.0. The van der Waals surface area contributed by atoms with Gasteiger partial charge in [0.1, 0.15) is 5.75 Å². The fraction of sp³-hybridized carbons (Fsp3) is 0.267. The summed E-state index contributed by atoms with van der Waals surface area (Å²) in [6, 6.07) is 15.7. The molecule has 0 aliphatic rings. The highest BCUT2D eigenvalue weighted by Gasteiger charge is 2.25. The zero-order valence-electron chi connectivity index (χ0n) is 22.4. The Bertz CT molecular complexity index is 1390. The van der Waals surface area contributed by atoms with E-state index >= 15 is 0 Å². The highest BCUT2D eigenvalue weighted by Crippen LogP contribution is 2.31. The number of carbonyl (C=O) groups is 2. The number of rotatable bonds is 13. The predicted octanol–water partition coefficient (Wildman–Crippen LogP) is 6.29. The summed E-state index contributed by atoms with van der Waals surface area (Å²) in [5.74, 6) is -0.988. The first-order valence-corrected chi connectivity index (χ1v) is 12.7. The Labute approximate surface area is 235 Å². The molecule has 0 aliphatic carbocycles. The average molecular weight is 573 g/mol. The van der Waals surface area contributed by atoms with Crippen molar-refractivity contribution in [3.05, 3.63) is 82.9 Å². The molecule has 0 heterocycles. The van der Waals surface area contributed by atoms with E-state index in [0.29, 0.717) is 29.1 Å². The molecule has 0 spiro atoms. The third-order valence-electron chi connectivity index (χ3n) is 6.05. The molecule has 0 saturated carbocycles. The van der Waals surface area contributed by atoms with E-state index in [1.165, 1.54) is 43.5 Å². The summed E-state index contributed by atoms with van der Waals surface area (Å²) in [5.41, 5.74) is 14.4. The molecule has 0 radical (unpaired) electrons. The van der Waals surface area contributed by atoms with E-state index in [1.54, 1.807) is 30.3 Å². The Balaban J connectivity index is 1.62. The lowest BCUT2D eigenvalue weighted by molar-refractivity contribution is -0.136. The van der Waals surface area contributed by atoms with Gasteiger partial charge >= 0.3 is 18.1 Å². The van der Waals surface area contributed by atoms with Crippen LogP contribution in [0.4, 0.5) is 24.5 Å². The first-order chi connectivity index (χ1) is 19.4. The van der Waals surface area contributed by atoms with Crippen LogP contribution in [0.25, 0.3) is 6.08 Å². The van der Waals surface area contributed by atoms with E-state index in [9.17, 15) is 27.9 Å². The normalized spacial score (nSPS) is 11.7. The van der Waals surface area contributed by atoms with Gasteiger partial charge in [-0.3, -0.25) is 0 Å². The van der Waals surface area contributed by atoms with E-state index in [1.807, 2.05) is 0 Å². The number of carbonyl (C=O) groups excluding carboxylic acids is 1. The molecule has 0 amide bonds. The van der Waals surface area contributed by atoms with E-state index in [4.69, 9.17) is 25.7 Å². The van der Waals surface area contributed by atoms with Gasteiger partial charge in [-0.05, 0) is 91.4 Å². The molecule has 0 saturated heterocycles. The van der Waals surface area contributed by atoms with Gasteiger partial charge in [0.25, 0.3) is 0 Å². The molecular formula is C30H31F3N2O6. The number of hydrogen-bond acceptors (Lipinski definition) is 7. The number of aryl methyl sites for hydroxylation is 1. The lowest BCUT2D eigenvalue weighted by Crippen LogP contribution is -2.09. The first-order valence-electron chi connectivity index (χ1n) is 12.7. The number of hydrogen-bond donors (Lipinski definition) is 3. The highest BCUT2D eigenvalue weighted by atomic mass is 19.4. The zero-order chi connectivity index (χ0) is 30.0. The van der Waals surface area contributed by atoms with Crippen molar-refractivity contribution in [2.45, 2.75) is 38.3 Å². The standard InChI is InChI=1S/C30H31F3N2O6/c1-39-27-17-19(16-22(28(36)37)6-5-20-7-10-23(34)18-25(20)35)4-13-26(27)41-29(38)21-8-11-24(12-9-21)40-15-3-2-14-30(31,32)33/h4,7-13,16-18H,2-3,5-6,14-15,34-35H2,1H3,(H,36,37). The molecular weight excluding hydrogens is 541 g/mol. The number of halogens is 3. The molecule has 8 nitrogen and oxygen atoms in total. The van der Waals surface area contributed by atoms with Crippen LogP contribution in [0.3, 0.4) is 0 Å². The molecule has 5 N–H and O–H groups in total. The third-order valence-corrected chi connectivity index (χ3v) is 6.05. The second-order valence-electron chi connectivity index (χ2n) is 9.18. The zero-order valence-corrected chi connectivity index (χ0v) is 22.4. The number of aliphatic carboxylic acids is 1. The summed E-state index contributed by atoms with van der Waals surface area (Å²) in [7, 11) is 1.39. The van der Waals surface area contributed by atoms with Crippen molar-refractivity contribution in [2.75, 3.05) is 25.2 Å². The van der Waals surface area contributed by atoms with Crippen LogP contribution in [0.5, 0.6) is 17.2 Å². The van der Waals surface area contributed by atoms with Crippen molar-refractivity contribution in [3.8, 4) is 17.2 Å². The number of anilines is 2. The summed E-state index contributed by atoms with van der Waals surface area (Å²) in [4.78, 5) is 24.5. The molecule has 0 unspecified atom stereocenters. The largest absolute Gasteiger partial charge is 0.494 e. The number of unbranched alkanes of at least 4 members (excludes halogenated alkanes) is 1. The maximum Gasteiger partial charge on any atom is 0.389 e. The number of methoxy groups -OCH3 is 1. The second kappa shape index (κ2) is 14.1. The summed E-state index contributed by atoms with van der Waals surface area (Å²) in [6.07, 6.45) is -2.69. The molecule has 218 valence electrons. The van der Waals surface area contributed by atoms with E-state index in [-0.39, 0.29) is 48.5 Å². The topological polar surface area (TPSA) is 134 Å². The number of benzene rings is 3. The van der Waals surface area contributed by atoms with E-state index < -0.39 is 24.5 Å². The molecule has 0 aromatic heterocycles. The van der Waals surface area contributed by atoms with Gasteiger partial charge in [-0.15, -0.1) is 0 Å². The fourth-order valence-electron chi connectivity index (χ4n) is 3.87. The minimum atomic E-state index is -4.18. The molecule has 3 rings (SSSR count). The van der Waals surface area contributed by atoms with Gasteiger partial charge in [-0.1, -0.05) is 12.1 Å². The Hall–Kier alpha value is -4.67. The molecule has 3 aromatic carbocycles. The minimum Gasteiger partial charge on any atom is -0.494 e. The number of esters is 1. The fourth-order valence-corrected chi connectivity index (χ4v) is 3.87. The summed E-state index contributed by atoms with van der Waals surface area (Å²) in [6.45, 7) is 0.122. The molecule has 3 aromatic rings. The summed E-state index contributed by atoms with van der Waals surface area (Å²) < 4.78 is 52.9. The molecule has 41 heavy (non-hydrogen) atoms. The molecule has 0 fully saturated rings. The number of nitrogens with two attached hydrogens (primary N) is 2. The van der Waals surface area contributed by atoms with Gasteiger partial charge < -0.3 is 30.8 Å². The second-order valence-corrected chi connectivity index (χ2v) is 9.18. The van der Waals surface area contributed by atoms with Crippen molar-refractivity contribution >= 4 is 29.4 Å². The smallest absolute Gasteiger partial charge is 0.389 e. The van der Waals surface area contributed by atoms with Crippen LogP contribution >= 0.6 is 0 Å². The monoisotopic (exact) mass is 572 g/mol. The summed E-state index contributed by atoms with van der Waals surface area (Å²) >= 11 is 0. The van der Waals surface area contributed by atoms with Gasteiger partial charge in [0.05, 0.1) is 19.3 Å². The van der Waals surface area contributed by atoms with Gasteiger partial charge in [0.15, 0.2) is 11.5 Å². The number of ether oxygens (including phenoxy) is 3. The predicted molar refractivity (Wildman–Crippen MR) is 149 cm³/mol. The molecule has 0 bridgehead atoms. The molecule has 11 heteroatoms. The van der Waals surface area contributed by atoms with Crippen LogP contribution in [0, 0.1) is 0 Å². The summed E-state index contributed by atoms with van der Waals surface area (Å²) in [5, 5.41) is 9.70. The quantitative estimate of drug-likeness (QED) is 0.0715. The number of alkyl halides is 3. The van der Waals surface area contributed by atoms with Crippen LogP contribution in [-0.2, 0) is 11.2 Å². The number of carboxylic acids is 1. The van der Waals surface area contributed by atoms with Crippen molar-refractivity contribution in [1.82, 2.24) is 0 Å². The van der Waals surface area contributed by atoms with Crippen LogP contribution in [0.1, 0.15) is 47.2 Å². The number of carboxylic acid groups (broad SMARTS) is 1. The first kappa shape index (κ1) is 30.9. The van der Waals surface area contributed by atoms with Crippen molar-refractivity contribution in [3.63, 3.8) is 0 Å². The van der Waals surface area contributed by atoms with Crippen LogP contribution < -0.4 is 25.7 Å². The van der Waals surface area contributed by atoms with Crippen LogP contribution in [-0.4, -0.2) is 36.9 Å². The van der Waals surface area contributed by atoms with Crippen molar-refractivity contribution in [1.29, 1.82) is 0 Å². The Morgan fingerprint density at radius 1 is 0.951 bits per heavy atom. The van der Waals surface area contributed by atoms with E-state index in [0.717, 1.165) is 5.56 Å². The average Bonchev–Trinajstić information content (AvgIpc) is 2.91. The van der Waals surface area contributed by atoms with Crippen molar-refractivity contribution < 1.29 is 42.1 Å². The number of nitrogen functional groups attached to an aromatic ring is 2. The van der Waals surface area contributed by atoms with Crippen LogP contribution in [0.15, 0.2) is 66.2 Å². The van der Waals surface area contributed by atoms with Gasteiger partial charge in [-0.2, -0.15) is 13.2 Å². The Kier molecular flexibility index (Phi) is 10.6. The molecule has 0 aliphatic heterocycles. The molecule has 0 atom stereocenters. The van der Waals surface area contributed by atoms with Gasteiger partial charge in [0.2, 0.25) is 0 Å².